The van der Waals surface area contributed by atoms with E-state index in [1.807, 2.05) is 30.3 Å². The van der Waals surface area contributed by atoms with Gasteiger partial charge in [-0.2, -0.15) is 4.98 Å². The van der Waals surface area contributed by atoms with Crippen molar-refractivity contribution in [1.29, 1.82) is 0 Å². The fraction of sp³-hybridized carbons (Fsp3) is 0.278. The molecule has 0 amide bonds. The monoisotopic (exact) mass is 477 g/mol. The number of ether oxygens (including phenoxy) is 1. The number of benzene rings is 1. The molecule has 2 fully saturated rings. The number of aromatic nitrogens is 5. The maximum atomic E-state index is 13.1. The van der Waals surface area contributed by atoms with Crippen LogP contribution < -0.4 is 5.56 Å². The average Bonchev–Trinajstić information content (AvgIpc) is 3.43. The lowest BCUT2D eigenvalue weighted by atomic mass is 10.1. The van der Waals surface area contributed by atoms with Crippen LogP contribution in [0.3, 0.4) is 0 Å². The minimum atomic E-state index is -1.85. The van der Waals surface area contributed by atoms with E-state index in [1.54, 1.807) is 6.20 Å². The minimum absolute atomic E-state index is 0.122. The normalized spacial score (nSPS) is 28.4. The Labute approximate surface area is 185 Å². The zero-order chi connectivity index (χ0) is 21.3. The molecule has 2 N–H and O–H groups in total. The third-order valence-corrected chi connectivity index (χ3v) is 7.30. The van der Waals surface area contributed by atoms with Crippen LogP contribution in [0.2, 0.25) is 0 Å². The van der Waals surface area contributed by atoms with Crippen molar-refractivity contribution in [3.63, 3.8) is 0 Å². The number of aromatic amines is 1. The Hall–Kier alpha value is -2.05. The van der Waals surface area contributed by atoms with Gasteiger partial charge < -0.3 is 23.9 Å². The second kappa shape index (κ2) is 7.24. The van der Waals surface area contributed by atoms with Crippen molar-refractivity contribution in [1.82, 2.24) is 23.9 Å². The van der Waals surface area contributed by atoms with E-state index in [4.69, 9.17) is 25.6 Å². The topological polar surface area (TPSA) is 116 Å². The summed E-state index contributed by atoms with van der Waals surface area (Å²) < 4.78 is 19.9. The van der Waals surface area contributed by atoms with Crippen LogP contribution in [0.5, 0.6) is 0 Å². The van der Waals surface area contributed by atoms with Crippen molar-refractivity contribution in [2.45, 2.75) is 29.7 Å². The van der Waals surface area contributed by atoms with Gasteiger partial charge in [0.1, 0.15) is 18.3 Å². The van der Waals surface area contributed by atoms with Crippen LogP contribution in [0.25, 0.3) is 28.2 Å². The van der Waals surface area contributed by atoms with Gasteiger partial charge in [0.25, 0.3) is 5.56 Å². The van der Waals surface area contributed by atoms with Gasteiger partial charge in [0.15, 0.2) is 29.7 Å². The maximum absolute atomic E-state index is 13.1. The summed E-state index contributed by atoms with van der Waals surface area (Å²) >= 11 is 9.53. The van der Waals surface area contributed by atoms with E-state index in [2.05, 4.69) is 27.6 Å². The van der Waals surface area contributed by atoms with Crippen LogP contribution >= 0.6 is 19.8 Å². The van der Waals surface area contributed by atoms with Gasteiger partial charge >= 0.3 is 0 Å². The second-order valence-corrected chi connectivity index (χ2v) is 9.72. The van der Waals surface area contributed by atoms with Gasteiger partial charge in [0, 0.05) is 6.20 Å². The van der Waals surface area contributed by atoms with E-state index in [0.717, 1.165) is 11.3 Å². The number of imidazole rings is 2. The summed E-state index contributed by atoms with van der Waals surface area (Å²) in [5.74, 6) is 0.339. The summed E-state index contributed by atoms with van der Waals surface area (Å²) in [6.07, 6.45) is -1.34. The Bertz CT molecular complexity index is 1400. The van der Waals surface area contributed by atoms with Crippen LogP contribution in [-0.4, -0.2) is 53.9 Å². The molecule has 0 radical (unpaired) electrons. The van der Waals surface area contributed by atoms with E-state index in [0.29, 0.717) is 5.78 Å². The molecule has 0 bridgehead atoms. The number of aliphatic hydroxyl groups excluding tert-OH is 1. The van der Waals surface area contributed by atoms with Gasteiger partial charge in [-0.1, -0.05) is 30.3 Å². The van der Waals surface area contributed by atoms with Crippen molar-refractivity contribution < 1.29 is 18.9 Å². The largest absolute Gasteiger partial charge is 0.386 e. The first kappa shape index (κ1) is 19.6. The lowest BCUT2D eigenvalue weighted by Crippen LogP contribution is -2.37. The lowest BCUT2D eigenvalue weighted by Gasteiger charge is -2.26. The molecular weight excluding hydrogens is 461 g/mol. The van der Waals surface area contributed by atoms with Gasteiger partial charge in [-0.25, -0.2) is 9.38 Å². The van der Waals surface area contributed by atoms with E-state index >= 15 is 0 Å². The molecule has 2 aliphatic rings. The van der Waals surface area contributed by atoms with Gasteiger partial charge in [-0.3, -0.25) is 9.36 Å². The Balaban J connectivity index is 1.50. The van der Waals surface area contributed by atoms with Gasteiger partial charge in [-0.15, -0.1) is 12.6 Å². The van der Waals surface area contributed by atoms with Crippen molar-refractivity contribution in [2.24, 2.45) is 0 Å². The molecule has 6 rings (SSSR count). The molecule has 10 nitrogen and oxygen atoms in total. The zero-order valence-electron chi connectivity index (χ0n) is 15.7. The molecule has 2 saturated heterocycles. The van der Waals surface area contributed by atoms with Crippen LogP contribution in [0.1, 0.15) is 6.23 Å². The first-order valence-corrected chi connectivity index (χ1v) is 12.4. The van der Waals surface area contributed by atoms with Gasteiger partial charge in [-0.05, 0) is 17.4 Å². The number of H-pyrrole nitrogens is 1. The molecule has 13 heteroatoms. The van der Waals surface area contributed by atoms with Crippen molar-refractivity contribution in [3.05, 3.63) is 46.9 Å². The highest BCUT2D eigenvalue weighted by molar-refractivity contribution is 8.00. The molecule has 5 heterocycles. The summed E-state index contributed by atoms with van der Waals surface area (Å²) in [5.41, 5.74) is 1.68. The Morgan fingerprint density at radius 1 is 1.29 bits per heavy atom. The highest BCUT2D eigenvalue weighted by Crippen LogP contribution is 2.43. The molecular formula is C18H16N5O5PS2. The highest BCUT2D eigenvalue weighted by Gasteiger charge is 2.49. The van der Waals surface area contributed by atoms with Crippen LogP contribution in [-0.2, 0) is 25.6 Å². The molecule has 0 spiro atoms. The molecule has 31 heavy (non-hydrogen) atoms. The van der Waals surface area contributed by atoms with Gasteiger partial charge in [0.2, 0.25) is 5.78 Å². The summed E-state index contributed by atoms with van der Waals surface area (Å²) in [4.78, 5) is 25.2. The van der Waals surface area contributed by atoms with E-state index < -0.39 is 31.7 Å². The maximum Gasteiger partial charge on any atom is 0.287 e. The Morgan fingerprint density at radius 2 is 2.10 bits per heavy atom. The minimum Gasteiger partial charge on any atom is -0.386 e. The number of nitrogens with zero attached hydrogens (tertiary/aromatic N) is 4. The van der Waals surface area contributed by atoms with Gasteiger partial charge in [0.05, 0.1) is 12.3 Å². The second-order valence-electron chi connectivity index (χ2n) is 7.30. The zero-order valence-corrected chi connectivity index (χ0v) is 18.4. The quantitative estimate of drug-likeness (QED) is 0.294. The molecule has 2 aliphatic heterocycles. The first-order chi connectivity index (χ1) is 15.0. The Morgan fingerprint density at radius 3 is 2.90 bits per heavy atom. The standard InChI is InChI=1S/C18H16N5O5PS2/c24-12-13-10(7-26-29(31)28-13)27-16(12)23-14-11(20-18(23)30)15(25)22-6-9(19-17(22)21-14)8-4-2-1-3-5-8/h1-6,10,12-13,16,24,29H,7H2,(H,19,21)(H,20,30)/t10?,12?,13-,16-/m1/s1. The molecule has 3 aromatic heterocycles. The number of thiol groups is 1. The summed E-state index contributed by atoms with van der Waals surface area (Å²) in [5, 5.41) is 11.1. The van der Waals surface area contributed by atoms with E-state index in [9.17, 15) is 9.90 Å². The SMILES string of the molecule is O=c1c2nc(S)n([C@@H]3OC4CO[PH](=S)O[C@H]4C3O)c2nc2[nH]c(-c3ccccc3)cn12. The summed E-state index contributed by atoms with van der Waals surface area (Å²) in [6.45, 7) is 0.238. The smallest absolute Gasteiger partial charge is 0.287 e. The summed E-state index contributed by atoms with van der Waals surface area (Å²) in [6, 6.07) is 9.61. The molecule has 3 unspecified atom stereocenters. The van der Waals surface area contributed by atoms with Crippen LogP contribution in [0, 0.1) is 0 Å². The number of hydrogen-bond donors (Lipinski definition) is 3. The molecule has 1 aromatic carbocycles. The third-order valence-electron chi connectivity index (χ3n) is 5.48. The molecule has 160 valence electrons. The Kier molecular flexibility index (Phi) is 4.58. The highest BCUT2D eigenvalue weighted by atomic mass is 32.4. The van der Waals surface area contributed by atoms with Crippen molar-refractivity contribution in [2.75, 3.05) is 6.61 Å². The third kappa shape index (κ3) is 3.02. The molecule has 5 atom stereocenters. The number of nitrogens with one attached hydrogen (secondary N) is 1. The number of fused-ring (bicyclic) bond motifs is 3. The van der Waals surface area contributed by atoms with Crippen molar-refractivity contribution in [3.8, 4) is 11.3 Å². The lowest BCUT2D eigenvalue weighted by molar-refractivity contribution is -0.0555. The van der Waals surface area contributed by atoms with Crippen LogP contribution in [0.4, 0.5) is 0 Å². The number of aliphatic hydroxyl groups is 1. The predicted molar refractivity (Wildman–Crippen MR) is 118 cm³/mol. The molecule has 0 aliphatic carbocycles. The predicted octanol–water partition coefficient (Wildman–Crippen LogP) is 1.51. The molecule has 0 saturated carbocycles. The average molecular weight is 477 g/mol. The van der Waals surface area contributed by atoms with E-state index in [-0.39, 0.29) is 28.5 Å². The molecule has 4 aromatic rings. The van der Waals surface area contributed by atoms with Crippen molar-refractivity contribution >= 4 is 48.5 Å². The number of rotatable bonds is 2. The fourth-order valence-electron chi connectivity index (χ4n) is 4.02. The van der Waals surface area contributed by atoms with Crippen LogP contribution in [0.15, 0.2) is 46.5 Å². The van der Waals surface area contributed by atoms with E-state index in [1.165, 1.54) is 8.97 Å². The summed E-state index contributed by atoms with van der Waals surface area (Å²) in [7, 11) is -1.85. The number of hydrogen-bond acceptors (Lipinski definition) is 9. The first-order valence-electron chi connectivity index (χ1n) is 9.46. The fourth-order valence-corrected chi connectivity index (χ4v) is 5.75.